The van der Waals surface area contributed by atoms with Crippen molar-refractivity contribution in [2.24, 2.45) is 0 Å². The van der Waals surface area contributed by atoms with Crippen molar-refractivity contribution in [1.82, 2.24) is 4.90 Å². The molecule has 1 saturated heterocycles. The Hall–Kier alpha value is -0.570. The van der Waals surface area contributed by atoms with E-state index >= 15 is 0 Å². The lowest BCUT2D eigenvalue weighted by Gasteiger charge is -2.14. The number of unbranched alkanes of at least 4 members (excludes halogenated alkanes) is 2. The van der Waals surface area contributed by atoms with Gasteiger partial charge in [0, 0.05) is 13.0 Å². The summed E-state index contributed by atoms with van der Waals surface area (Å²) < 4.78 is 5.17. The summed E-state index contributed by atoms with van der Waals surface area (Å²) in [6.07, 6.45) is 6.43. The largest absolute Gasteiger partial charge is 0.464 e. The van der Waals surface area contributed by atoms with Crippen LogP contribution in [0.5, 0.6) is 0 Å². The van der Waals surface area contributed by atoms with Gasteiger partial charge in [-0.2, -0.15) is 0 Å². The second-order valence-corrected chi connectivity index (χ2v) is 4.23. The maximum absolute atomic E-state index is 11.3. The first-order valence-corrected chi connectivity index (χ1v) is 6.21. The van der Waals surface area contributed by atoms with Crippen LogP contribution in [0.15, 0.2) is 0 Å². The third kappa shape index (κ3) is 5.78. The van der Waals surface area contributed by atoms with Crippen LogP contribution >= 0.6 is 0 Å². The zero-order chi connectivity index (χ0) is 10.9. The SMILES string of the molecule is CCCCCC(=O)OCCN1CCCC1. The fraction of sp³-hybridized carbons (Fsp3) is 0.917. The lowest BCUT2D eigenvalue weighted by molar-refractivity contribution is -0.144. The predicted molar refractivity (Wildman–Crippen MR) is 60.8 cm³/mol. The van der Waals surface area contributed by atoms with Gasteiger partial charge in [0.15, 0.2) is 0 Å². The van der Waals surface area contributed by atoms with E-state index in [1.807, 2.05) is 0 Å². The van der Waals surface area contributed by atoms with Crippen molar-refractivity contribution in [2.45, 2.75) is 45.4 Å². The summed E-state index contributed by atoms with van der Waals surface area (Å²) in [6.45, 7) is 5.98. The average molecular weight is 213 g/mol. The summed E-state index contributed by atoms with van der Waals surface area (Å²) in [5.74, 6) is -0.0253. The lowest BCUT2D eigenvalue weighted by Crippen LogP contribution is -2.25. The third-order valence-electron chi connectivity index (χ3n) is 2.85. The molecule has 0 amide bonds. The second kappa shape index (κ2) is 7.69. The van der Waals surface area contributed by atoms with Gasteiger partial charge in [0.25, 0.3) is 0 Å². The Bertz CT molecular complexity index is 176. The van der Waals surface area contributed by atoms with Crippen molar-refractivity contribution < 1.29 is 9.53 Å². The molecule has 0 aromatic rings. The molecule has 1 aliphatic rings. The smallest absolute Gasteiger partial charge is 0.305 e. The molecule has 0 spiro atoms. The molecule has 0 aromatic heterocycles. The van der Waals surface area contributed by atoms with Gasteiger partial charge in [-0.25, -0.2) is 0 Å². The minimum Gasteiger partial charge on any atom is -0.464 e. The summed E-state index contributed by atoms with van der Waals surface area (Å²) in [4.78, 5) is 13.6. The molecule has 0 unspecified atom stereocenters. The number of rotatable bonds is 7. The summed E-state index contributed by atoms with van der Waals surface area (Å²) >= 11 is 0. The molecule has 88 valence electrons. The fourth-order valence-electron chi connectivity index (χ4n) is 1.89. The van der Waals surface area contributed by atoms with Crippen LogP contribution in [-0.4, -0.2) is 37.1 Å². The van der Waals surface area contributed by atoms with Gasteiger partial charge >= 0.3 is 5.97 Å². The number of esters is 1. The molecule has 0 aromatic carbocycles. The molecule has 1 rings (SSSR count). The van der Waals surface area contributed by atoms with Gasteiger partial charge in [-0.15, -0.1) is 0 Å². The number of hydrogen-bond donors (Lipinski definition) is 0. The van der Waals surface area contributed by atoms with Crippen LogP contribution in [0, 0.1) is 0 Å². The van der Waals surface area contributed by atoms with Crippen molar-refractivity contribution >= 4 is 5.97 Å². The van der Waals surface area contributed by atoms with E-state index in [0.717, 1.165) is 25.8 Å². The fourth-order valence-corrected chi connectivity index (χ4v) is 1.89. The summed E-state index contributed by atoms with van der Waals surface area (Å²) in [5, 5.41) is 0. The van der Waals surface area contributed by atoms with Crippen molar-refractivity contribution in [3.63, 3.8) is 0 Å². The number of ether oxygens (including phenoxy) is 1. The highest BCUT2D eigenvalue weighted by Crippen LogP contribution is 2.06. The topological polar surface area (TPSA) is 29.5 Å². The standard InChI is InChI=1S/C12H23NO2/c1-2-3-4-7-12(14)15-11-10-13-8-5-6-9-13/h2-11H2,1H3. The van der Waals surface area contributed by atoms with Gasteiger partial charge in [-0.05, 0) is 32.4 Å². The van der Waals surface area contributed by atoms with Gasteiger partial charge in [0.2, 0.25) is 0 Å². The van der Waals surface area contributed by atoms with Crippen LogP contribution < -0.4 is 0 Å². The van der Waals surface area contributed by atoms with E-state index in [1.54, 1.807) is 0 Å². The van der Waals surface area contributed by atoms with Crippen molar-refractivity contribution in [3.8, 4) is 0 Å². The van der Waals surface area contributed by atoms with Crippen LogP contribution in [0.1, 0.15) is 45.4 Å². The van der Waals surface area contributed by atoms with E-state index in [4.69, 9.17) is 4.74 Å². The van der Waals surface area contributed by atoms with Crippen LogP contribution in [0.3, 0.4) is 0 Å². The first-order valence-electron chi connectivity index (χ1n) is 6.21. The highest BCUT2D eigenvalue weighted by Gasteiger charge is 2.11. The lowest BCUT2D eigenvalue weighted by atomic mass is 10.2. The molecule has 0 radical (unpaired) electrons. The van der Waals surface area contributed by atoms with E-state index in [9.17, 15) is 4.79 Å². The molecule has 0 saturated carbocycles. The molecule has 1 aliphatic heterocycles. The summed E-state index contributed by atoms with van der Waals surface area (Å²) in [7, 11) is 0. The molecule has 1 fully saturated rings. The number of carbonyl (C=O) groups is 1. The Labute approximate surface area is 92.8 Å². The molecular formula is C12H23NO2. The van der Waals surface area contributed by atoms with E-state index in [1.165, 1.54) is 25.9 Å². The molecule has 1 heterocycles. The zero-order valence-corrected chi connectivity index (χ0v) is 9.83. The van der Waals surface area contributed by atoms with Crippen LogP contribution in [0.25, 0.3) is 0 Å². The Kier molecular flexibility index (Phi) is 6.41. The summed E-state index contributed by atoms with van der Waals surface area (Å²) in [6, 6.07) is 0. The molecular weight excluding hydrogens is 190 g/mol. The van der Waals surface area contributed by atoms with Gasteiger partial charge in [-0.3, -0.25) is 9.69 Å². The normalized spacial score (nSPS) is 16.9. The Balaban J connectivity index is 1.91. The molecule has 3 nitrogen and oxygen atoms in total. The van der Waals surface area contributed by atoms with E-state index in [2.05, 4.69) is 11.8 Å². The Morgan fingerprint density at radius 3 is 2.67 bits per heavy atom. The van der Waals surface area contributed by atoms with Crippen molar-refractivity contribution in [2.75, 3.05) is 26.2 Å². The Morgan fingerprint density at radius 1 is 1.27 bits per heavy atom. The predicted octanol–water partition coefficient (Wildman–Crippen LogP) is 2.21. The molecule has 0 bridgehead atoms. The van der Waals surface area contributed by atoms with Crippen molar-refractivity contribution in [3.05, 3.63) is 0 Å². The van der Waals surface area contributed by atoms with E-state index in [0.29, 0.717) is 13.0 Å². The maximum atomic E-state index is 11.3. The quantitative estimate of drug-likeness (QED) is 0.479. The molecule has 15 heavy (non-hydrogen) atoms. The number of hydrogen-bond acceptors (Lipinski definition) is 3. The minimum absolute atomic E-state index is 0.0253. The second-order valence-electron chi connectivity index (χ2n) is 4.23. The van der Waals surface area contributed by atoms with Crippen molar-refractivity contribution in [1.29, 1.82) is 0 Å². The van der Waals surface area contributed by atoms with E-state index < -0.39 is 0 Å². The zero-order valence-electron chi connectivity index (χ0n) is 9.83. The average Bonchev–Trinajstić information content (AvgIpc) is 2.71. The van der Waals surface area contributed by atoms with E-state index in [-0.39, 0.29) is 5.97 Å². The number of likely N-dealkylation sites (tertiary alicyclic amines) is 1. The summed E-state index contributed by atoms with van der Waals surface area (Å²) in [5.41, 5.74) is 0. The minimum atomic E-state index is -0.0253. The number of nitrogens with zero attached hydrogens (tertiary/aromatic N) is 1. The molecule has 0 atom stereocenters. The first kappa shape index (κ1) is 12.5. The number of carbonyl (C=O) groups excluding carboxylic acids is 1. The molecule has 0 N–H and O–H groups in total. The van der Waals surface area contributed by atoms with Crippen LogP contribution in [0.4, 0.5) is 0 Å². The monoisotopic (exact) mass is 213 g/mol. The van der Waals surface area contributed by atoms with Crippen LogP contribution in [0.2, 0.25) is 0 Å². The Morgan fingerprint density at radius 2 is 2.00 bits per heavy atom. The highest BCUT2D eigenvalue weighted by atomic mass is 16.5. The van der Waals surface area contributed by atoms with Gasteiger partial charge < -0.3 is 4.74 Å². The van der Waals surface area contributed by atoms with Gasteiger partial charge in [-0.1, -0.05) is 19.8 Å². The van der Waals surface area contributed by atoms with Crippen LogP contribution in [-0.2, 0) is 9.53 Å². The van der Waals surface area contributed by atoms with Gasteiger partial charge in [0.05, 0.1) is 0 Å². The third-order valence-corrected chi connectivity index (χ3v) is 2.85. The molecule has 0 aliphatic carbocycles. The first-order chi connectivity index (χ1) is 7.33. The molecule has 3 heteroatoms. The maximum Gasteiger partial charge on any atom is 0.305 e. The highest BCUT2D eigenvalue weighted by molar-refractivity contribution is 5.69. The van der Waals surface area contributed by atoms with Gasteiger partial charge in [0.1, 0.15) is 6.61 Å².